The summed E-state index contributed by atoms with van der Waals surface area (Å²) in [4.78, 5) is 0. The second kappa shape index (κ2) is 5.68. The molecule has 0 aliphatic carbocycles. The maximum absolute atomic E-state index is 5.66. The van der Waals surface area contributed by atoms with E-state index in [1.807, 2.05) is 0 Å². The van der Waals surface area contributed by atoms with Gasteiger partial charge in [-0.25, -0.2) is 0 Å². The molecular formula is C16H27N. The summed E-state index contributed by atoms with van der Waals surface area (Å²) in [5.41, 5.74) is 10.2. The van der Waals surface area contributed by atoms with Gasteiger partial charge in [0.2, 0.25) is 0 Å². The molecule has 0 aliphatic heterocycles. The molecule has 0 radical (unpaired) electrons. The lowest BCUT2D eigenvalue weighted by molar-refractivity contribution is 0.543. The molecule has 1 aromatic carbocycles. The molecule has 1 heteroatoms. The minimum absolute atomic E-state index is 0.244. The van der Waals surface area contributed by atoms with Crippen LogP contribution in [-0.2, 0) is 11.8 Å². The summed E-state index contributed by atoms with van der Waals surface area (Å²) in [6.45, 7) is 12.0. The number of hydrogen-bond donors (Lipinski definition) is 1. The molecule has 1 unspecified atom stereocenters. The van der Waals surface area contributed by atoms with E-state index in [2.05, 4.69) is 52.8 Å². The molecule has 0 saturated carbocycles. The van der Waals surface area contributed by atoms with Gasteiger partial charge in [0.1, 0.15) is 0 Å². The van der Waals surface area contributed by atoms with Crippen LogP contribution in [0.4, 0.5) is 0 Å². The van der Waals surface area contributed by atoms with E-state index in [0.717, 1.165) is 13.0 Å². The largest absolute Gasteiger partial charge is 0.330 e. The van der Waals surface area contributed by atoms with E-state index >= 15 is 0 Å². The molecule has 1 aromatic rings. The molecule has 0 saturated heterocycles. The normalized spacial score (nSPS) is 13.8. The third-order valence-electron chi connectivity index (χ3n) is 3.52. The van der Waals surface area contributed by atoms with E-state index < -0.39 is 0 Å². The molecule has 2 N–H and O–H groups in total. The van der Waals surface area contributed by atoms with Gasteiger partial charge in [-0.15, -0.1) is 0 Å². The van der Waals surface area contributed by atoms with E-state index in [0.29, 0.717) is 5.92 Å². The SMILES string of the molecule is Cc1cc(C(C)(C)C)ccc1CCC(C)CN. The first-order valence-electron chi connectivity index (χ1n) is 6.64. The first-order valence-corrected chi connectivity index (χ1v) is 6.64. The van der Waals surface area contributed by atoms with Crippen molar-refractivity contribution >= 4 is 0 Å². The first-order chi connectivity index (χ1) is 7.84. The molecule has 17 heavy (non-hydrogen) atoms. The van der Waals surface area contributed by atoms with Crippen molar-refractivity contribution in [1.29, 1.82) is 0 Å². The topological polar surface area (TPSA) is 26.0 Å². The van der Waals surface area contributed by atoms with E-state index in [9.17, 15) is 0 Å². The fourth-order valence-corrected chi connectivity index (χ4v) is 1.96. The number of rotatable bonds is 4. The van der Waals surface area contributed by atoms with Crippen molar-refractivity contribution in [2.75, 3.05) is 6.54 Å². The lowest BCUT2D eigenvalue weighted by atomic mass is 9.84. The summed E-state index contributed by atoms with van der Waals surface area (Å²) in [6.07, 6.45) is 2.33. The van der Waals surface area contributed by atoms with Crippen LogP contribution in [0.25, 0.3) is 0 Å². The molecule has 1 atom stereocenters. The Balaban J connectivity index is 2.77. The maximum Gasteiger partial charge on any atom is -0.00514 e. The molecule has 1 rings (SSSR count). The van der Waals surface area contributed by atoms with E-state index in [-0.39, 0.29) is 5.41 Å². The number of benzene rings is 1. The number of hydrogen-bond acceptors (Lipinski definition) is 1. The zero-order valence-corrected chi connectivity index (χ0v) is 12.0. The summed E-state index contributed by atoms with van der Waals surface area (Å²) in [7, 11) is 0. The van der Waals surface area contributed by atoms with Crippen LogP contribution in [0.15, 0.2) is 18.2 Å². The van der Waals surface area contributed by atoms with E-state index in [1.54, 1.807) is 0 Å². The van der Waals surface area contributed by atoms with E-state index in [4.69, 9.17) is 5.73 Å². The Hall–Kier alpha value is -0.820. The Morgan fingerprint density at radius 1 is 1.24 bits per heavy atom. The third kappa shape index (κ3) is 4.16. The summed E-state index contributed by atoms with van der Waals surface area (Å²) < 4.78 is 0. The van der Waals surface area contributed by atoms with Crippen LogP contribution in [0.5, 0.6) is 0 Å². The zero-order chi connectivity index (χ0) is 13.1. The standard InChI is InChI=1S/C16H27N/c1-12(11-17)6-7-14-8-9-15(10-13(14)2)16(3,4)5/h8-10,12H,6-7,11,17H2,1-5H3. The van der Waals surface area contributed by atoms with Crippen LogP contribution >= 0.6 is 0 Å². The molecule has 96 valence electrons. The lowest BCUT2D eigenvalue weighted by Gasteiger charge is -2.21. The number of nitrogens with two attached hydrogens (primary N) is 1. The van der Waals surface area contributed by atoms with Crippen molar-refractivity contribution in [2.24, 2.45) is 11.7 Å². The fraction of sp³-hybridized carbons (Fsp3) is 0.625. The van der Waals surface area contributed by atoms with Gasteiger partial charge < -0.3 is 5.73 Å². The molecule has 0 aliphatic rings. The van der Waals surface area contributed by atoms with Crippen LogP contribution < -0.4 is 5.73 Å². The average molecular weight is 233 g/mol. The average Bonchev–Trinajstić information content (AvgIpc) is 2.25. The van der Waals surface area contributed by atoms with Crippen LogP contribution in [0, 0.1) is 12.8 Å². The van der Waals surface area contributed by atoms with Crippen LogP contribution in [0.3, 0.4) is 0 Å². The molecular weight excluding hydrogens is 206 g/mol. The third-order valence-corrected chi connectivity index (χ3v) is 3.52. The van der Waals surface area contributed by atoms with Gasteiger partial charge in [-0.3, -0.25) is 0 Å². The van der Waals surface area contributed by atoms with Gasteiger partial charge in [-0.1, -0.05) is 45.9 Å². The van der Waals surface area contributed by atoms with Crippen LogP contribution in [0.2, 0.25) is 0 Å². The Morgan fingerprint density at radius 3 is 2.35 bits per heavy atom. The van der Waals surface area contributed by atoms with Crippen molar-refractivity contribution in [1.82, 2.24) is 0 Å². The van der Waals surface area contributed by atoms with Crippen molar-refractivity contribution in [2.45, 2.75) is 52.9 Å². The highest BCUT2D eigenvalue weighted by Crippen LogP contribution is 2.25. The summed E-state index contributed by atoms with van der Waals surface area (Å²) in [6, 6.07) is 6.90. The minimum atomic E-state index is 0.244. The molecule has 0 bridgehead atoms. The quantitative estimate of drug-likeness (QED) is 0.840. The van der Waals surface area contributed by atoms with Gasteiger partial charge in [0.05, 0.1) is 0 Å². The molecule has 0 fully saturated rings. The smallest absolute Gasteiger partial charge is 0.00514 e. The molecule has 1 nitrogen and oxygen atoms in total. The van der Waals surface area contributed by atoms with Gasteiger partial charge in [0.25, 0.3) is 0 Å². The highest BCUT2D eigenvalue weighted by Gasteiger charge is 2.14. The first kappa shape index (κ1) is 14.2. The molecule has 0 heterocycles. The van der Waals surface area contributed by atoms with Crippen molar-refractivity contribution in [3.63, 3.8) is 0 Å². The summed E-state index contributed by atoms with van der Waals surface area (Å²) in [5.74, 6) is 0.622. The van der Waals surface area contributed by atoms with Gasteiger partial charge >= 0.3 is 0 Å². The second-order valence-electron chi connectivity index (χ2n) is 6.27. The predicted octanol–water partition coefficient (Wildman–Crippen LogP) is 3.82. The highest BCUT2D eigenvalue weighted by molar-refractivity contribution is 5.34. The molecule has 0 amide bonds. The Bertz CT molecular complexity index is 360. The van der Waals surface area contributed by atoms with E-state index in [1.165, 1.54) is 23.1 Å². The lowest BCUT2D eigenvalue weighted by Crippen LogP contribution is -2.13. The van der Waals surface area contributed by atoms with Gasteiger partial charge in [-0.2, -0.15) is 0 Å². The van der Waals surface area contributed by atoms with Gasteiger partial charge in [-0.05, 0) is 54.3 Å². The Morgan fingerprint density at radius 2 is 1.88 bits per heavy atom. The van der Waals surface area contributed by atoms with Crippen molar-refractivity contribution in [3.05, 3.63) is 34.9 Å². The van der Waals surface area contributed by atoms with Gasteiger partial charge in [0.15, 0.2) is 0 Å². The van der Waals surface area contributed by atoms with Crippen LogP contribution in [-0.4, -0.2) is 6.54 Å². The Kier molecular flexibility index (Phi) is 4.76. The number of aryl methyl sites for hydroxylation is 2. The maximum atomic E-state index is 5.66. The van der Waals surface area contributed by atoms with Crippen molar-refractivity contribution in [3.8, 4) is 0 Å². The summed E-state index contributed by atoms with van der Waals surface area (Å²) >= 11 is 0. The zero-order valence-electron chi connectivity index (χ0n) is 12.0. The minimum Gasteiger partial charge on any atom is -0.330 e. The molecule has 0 spiro atoms. The van der Waals surface area contributed by atoms with Gasteiger partial charge in [0, 0.05) is 0 Å². The monoisotopic (exact) mass is 233 g/mol. The summed E-state index contributed by atoms with van der Waals surface area (Å²) in [5, 5.41) is 0. The van der Waals surface area contributed by atoms with Crippen molar-refractivity contribution < 1.29 is 0 Å². The fourth-order valence-electron chi connectivity index (χ4n) is 1.96. The van der Waals surface area contributed by atoms with Crippen LogP contribution in [0.1, 0.15) is 50.8 Å². The predicted molar refractivity (Wildman–Crippen MR) is 76.4 cm³/mol. The molecule has 0 aromatic heterocycles. The Labute approximate surface area is 106 Å². The highest BCUT2D eigenvalue weighted by atomic mass is 14.5. The second-order valence-corrected chi connectivity index (χ2v) is 6.27.